The van der Waals surface area contributed by atoms with Crippen LogP contribution in [0.25, 0.3) is 0 Å². The molecule has 4 unspecified atom stereocenters. The maximum absolute atomic E-state index is 13.8. The first-order chi connectivity index (χ1) is 12.9. The summed E-state index contributed by atoms with van der Waals surface area (Å²) in [4.78, 5) is 0. The molecule has 3 rings (SSSR count). The Morgan fingerprint density at radius 3 is 2.44 bits per heavy atom. The van der Waals surface area contributed by atoms with Crippen molar-refractivity contribution in [3.05, 3.63) is 82.9 Å². The van der Waals surface area contributed by atoms with E-state index >= 15 is 0 Å². The van der Waals surface area contributed by atoms with Crippen molar-refractivity contribution in [1.29, 1.82) is 0 Å². The van der Waals surface area contributed by atoms with E-state index in [1.165, 1.54) is 17.2 Å². The molecule has 2 aromatic carbocycles. The molecule has 27 heavy (non-hydrogen) atoms. The fraction of sp³-hybridized carbons (Fsp3) is 0.391. The van der Waals surface area contributed by atoms with Crippen molar-refractivity contribution in [2.24, 2.45) is 5.92 Å². The number of aryl methyl sites for hydroxylation is 2. The third-order valence-electron chi connectivity index (χ3n) is 5.17. The van der Waals surface area contributed by atoms with Crippen molar-refractivity contribution in [2.75, 3.05) is 6.61 Å². The summed E-state index contributed by atoms with van der Waals surface area (Å²) in [6.07, 6.45) is 1.88. The molecule has 0 radical (unpaired) electrons. The van der Waals surface area contributed by atoms with Crippen LogP contribution < -0.4 is 0 Å². The Morgan fingerprint density at radius 1 is 1.11 bits per heavy atom. The molecular formula is C23H26F2O2. The van der Waals surface area contributed by atoms with E-state index in [9.17, 15) is 8.78 Å². The number of allylic oxidation sites excluding steroid dienone is 1. The van der Waals surface area contributed by atoms with Gasteiger partial charge in [0.05, 0.1) is 12.7 Å². The van der Waals surface area contributed by atoms with Gasteiger partial charge in [-0.1, -0.05) is 41.5 Å². The molecule has 0 bridgehead atoms. The van der Waals surface area contributed by atoms with E-state index in [-0.39, 0.29) is 17.9 Å². The van der Waals surface area contributed by atoms with Gasteiger partial charge in [0, 0.05) is 5.92 Å². The van der Waals surface area contributed by atoms with Crippen molar-refractivity contribution in [3.63, 3.8) is 0 Å². The fourth-order valence-corrected chi connectivity index (χ4v) is 3.84. The quantitative estimate of drug-likeness (QED) is 0.600. The van der Waals surface area contributed by atoms with E-state index in [4.69, 9.17) is 9.47 Å². The number of hydrogen-bond acceptors (Lipinski definition) is 2. The number of halogens is 2. The Bertz CT molecular complexity index is 798. The number of rotatable bonds is 5. The van der Waals surface area contributed by atoms with Gasteiger partial charge >= 0.3 is 0 Å². The standard InChI is InChI=1S/C23H26F2O2/c1-5-17-8-9-26-23(22(17)18-6-7-20(24)21(25)13-18)27-16(4)19-11-14(2)10-15(3)12-19/h5-7,10-13,16-17,22-23H,1,8-9H2,2-4H3. The molecule has 0 aromatic heterocycles. The highest BCUT2D eigenvalue weighted by atomic mass is 19.2. The summed E-state index contributed by atoms with van der Waals surface area (Å²) >= 11 is 0. The Kier molecular flexibility index (Phi) is 6.08. The van der Waals surface area contributed by atoms with E-state index in [2.05, 4.69) is 38.6 Å². The second-order valence-electron chi connectivity index (χ2n) is 7.33. The molecule has 4 atom stereocenters. The minimum Gasteiger partial charge on any atom is -0.352 e. The lowest BCUT2D eigenvalue weighted by Gasteiger charge is -2.38. The van der Waals surface area contributed by atoms with E-state index < -0.39 is 17.9 Å². The van der Waals surface area contributed by atoms with Crippen LogP contribution in [0.5, 0.6) is 0 Å². The van der Waals surface area contributed by atoms with Crippen LogP contribution in [0.3, 0.4) is 0 Å². The lowest BCUT2D eigenvalue weighted by Crippen LogP contribution is -2.36. The first-order valence-corrected chi connectivity index (χ1v) is 9.32. The molecule has 0 N–H and O–H groups in total. The third kappa shape index (κ3) is 4.45. The number of ether oxygens (including phenoxy) is 2. The van der Waals surface area contributed by atoms with Gasteiger partial charge < -0.3 is 9.47 Å². The molecule has 2 aromatic rings. The summed E-state index contributed by atoms with van der Waals surface area (Å²) in [5.74, 6) is -1.88. The smallest absolute Gasteiger partial charge is 0.165 e. The maximum atomic E-state index is 13.8. The molecular weight excluding hydrogens is 346 g/mol. The van der Waals surface area contributed by atoms with Crippen LogP contribution in [0.4, 0.5) is 8.78 Å². The van der Waals surface area contributed by atoms with Crippen LogP contribution >= 0.6 is 0 Å². The Balaban J connectivity index is 1.88. The van der Waals surface area contributed by atoms with Gasteiger partial charge in [-0.15, -0.1) is 6.58 Å². The van der Waals surface area contributed by atoms with Gasteiger partial charge in [-0.05, 0) is 56.4 Å². The molecule has 0 spiro atoms. The summed E-state index contributed by atoms with van der Waals surface area (Å²) in [6.45, 7) is 10.5. The van der Waals surface area contributed by atoms with Gasteiger partial charge in [0.15, 0.2) is 17.9 Å². The van der Waals surface area contributed by atoms with Crippen molar-refractivity contribution >= 4 is 0 Å². The fourth-order valence-electron chi connectivity index (χ4n) is 3.84. The average molecular weight is 372 g/mol. The monoisotopic (exact) mass is 372 g/mol. The van der Waals surface area contributed by atoms with E-state index in [0.717, 1.165) is 18.1 Å². The van der Waals surface area contributed by atoms with Gasteiger partial charge in [-0.2, -0.15) is 0 Å². The topological polar surface area (TPSA) is 18.5 Å². The Morgan fingerprint density at radius 2 is 1.81 bits per heavy atom. The van der Waals surface area contributed by atoms with Gasteiger partial charge in [-0.3, -0.25) is 0 Å². The first kappa shape index (κ1) is 19.7. The molecule has 4 heteroatoms. The largest absolute Gasteiger partial charge is 0.352 e. The zero-order valence-corrected chi connectivity index (χ0v) is 16.0. The molecule has 1 saturated heterocycles. The summed E-state index contributed by atoms with van der Waals surface area (Å²) < 4.78 is 39.4. The summed E-state index contributed by atoms with van der Waals surface area (Å²) in [5, 5.41) is 0. The summed E-state index contributed by atoms with van der Waals surface area (Å²) in [6, 6.07) is 10.3. The van der Waals surface area contributed by atoms with Crippen LogP contribution in [0.2, 0.25) is 0 Å². The second kappa shape index (κ2) is 8.32. The number of benzene rings is 2. The van der Waals surface area contributed by atoms with Crippen molar-refractivity contribution < 1.29 is 18.3 Å². The average Bonchev–Trinajstić information content (AvgIpc) is 2.63. The Labute approximate surface area is 159 Å². The maximum Gasteiger partial charge on any atom is 0.165 e. The van der Waals surface area contributed by atoms with Crippen LogP contribution in [0.1, 0.15) is 47.6 Å². The predicted molar refractivity (Wildman–Crippen MR) is 103 cm³/mol. The lowest BCUT2D eigenvalue weighted by atomic mass is 9.81. The summed E-state index contributed by atoms with van der Waals surface area (Å²) in [5.41, 5.74) is 4.08. The zero-order valence-electron chi connectivity index (χ0n) is 16.0. The SMILES string of the molecule is C=CC1CCOC(OC(C)c2cc(C)cc(C)c2)C1c1ccc(F)c(F)c1. The van der Waals surface area contributed by atoms with Gasteiger partial charge in [0.2, 0.25) is 0 Å². The molecule has 1 fully saturated rings. The predicted octanol–water partition coefficient (Wildman–Crippen LogP) is 5.99. The molecule has 0 amide bonds. The van der Waals surface area contributed by atoms with E-state index in [1.54, 1.807) is 6.07 Å². The normalized spacial score (nSPS) is 23.8. The molecule has 2 nitrogen and oxygen atoms in total. The Hall–Kier alpha value is -2.04. The minimum absolute atomic E-state index is 0.0695. The molecule has 144 valence electrons. The highest BCUT2D eigenvalue weighted by Gasteiger charge is 2.36. The highest BCUT2D eigenvalue weighted by molar-refractivity contribution is 5.30. The molecule has 1 heterocycles. The van der Waals surface area contributed by atoms with Crippen molar-refractivity contribution in [1.82, 2.24) is 0 Å². The van der Waals surface area contributed by atoms with Gasteiger partial charge in [0.1, 0.15) is 0 Å². The van der Waals surface area contributed by atoms with Crippen LogP contribution in [0, 0.1) is 31.4 Å². The number of hydrogen-bond donors (Lipinski definition) is 0. The molecule has 1 aliphatic rings. The van der Waals surface area contributed by atoms with Crippen LogP contribution in [-0.2, 0) is 9.47 Å². The zero-order chi connectivity index (χ0) is 19.6. The highest BCUT2D eigenvalue weighted by Crippen LogP contribution is 2.39. The van der Waals surface area contributed by atoms with Crippen molar-refractivity contribution in [3.8, 4) is 0 Å². The molecule has 0 aliphatic carbocycles. The second-order valence-corrected chi connectivity index (χ2v) is 7.33. The first-order valence-electron chi connectivity index (χ1n) is 9.32. The van der Waals surface area contributed by atoms with Gasteiger partial charge in [-0.25, -0.2) is 8.78 Å². The van der Waals surface area contributed by atoms with Crippen LogP contribution in [-0.4, -0.2) is 12.9 Å². The summed E-state index contributed by atoms with van der Waals surface area (Å²) in [7, 11) is 0. The molecule has 1 aliphatic heterocycles. The molecule has 0 saturated carbocycles. The third-order valence-corrected chi connectivity index (χ3v) is 5.17. The lowest BCUT2D eigenvalue weighted by molar-refractivity contribution is -0.205. The van der Waals surface area contributed by atoms with E-state index in [0.29, 0.717) is 12.2 Å². The minimum atomic E-state index is -0.859. The van der Waals surface area contributed by atoms with Crippen molar-refractivity contribution in [2.45, 2.75) is 45.5 Å². The van der Waals surface area contributed by atoms with Gasteiger partial charge in [0.25, 0.3) is 0 Å². The van der Waals surface area contributed by atoms with Crippen LogP contribution in [0.15, 0.2) is 49.1 Å². The van der Waals surface area contributed by atoms with E-state index in [1.807, 2.05) is 13.0 Å².